The Balaban J connectivity index is 1.54. The molecule has 9 heteroatoms. The van der Waals surface area contributed by atoms with E-state index in [1.54, 1.807) is 13.8 Å². The average Bonchev–Trinajstić information content (AvgIpc) is 3.35. The second-order valence-electron chi connectivity index (χ2n) is 10.7. The van der Waals surface area contributed by atoms with Gasteiger partial charge in [0.25, 0.3) is 0 Å². The van der Waals surface area contributed by atoms with E-state index in [9.17, 15) is 24.3 Å². The van der Waals surface area contributed by atoms with Crippen LogP contribution in [-0.4, -0.2) is 57.6 Å². The number of carbonyl (C=O) groups is 4. The minimum atomic E-state index is -2.19. The molecular formula is C26H30F2O6S. The zero-order valence-corrected chi connectivity index (χ0v) is 20.6. The van der Waals surface area contributed by atoms with Gasteiger partial charge >= 0.3 is 5.97 Å². The van der Waals surface area contributed by atoms with E-state index in [0.29, 0.717) is 12.8 Å². The van der Waals surface area contributed by atoms with Crippen LogP contribution in [0.5, 0.6) is 0 Å². The van der Waals surface area contributed by atoms with Gasteiger partial charge < -0.3 is 9.84 Å². The molecule has 3 saturated carbocycles. The van der Waals surface area contributed by atoms with Crippen LogP contribution in [0.15, 0.2) is 23.8 Å². The van der Waals surface area contributed by atoms with E-state index in [1.165, 1.54) is 12.2 Å². The molecule has 4 aliphatic carbocycles. The normalized spacial score (nSPS) is 46.4. The largest absolute Gasteiger partial charge is 0.465 e. The molecule has 0 bridgehead atoms. The first-order valence-electron chi connectivity index (χ1n) is 12.4. The summed E-state index contributed by atoms with van der Waals surface area (Å²) in [5, 5.41) is 10.1. The number of aliphatic hydroxyl groups is 1. The summed E-state index contributed by atoms with van der Waals surface area (Å²) < 4.78 is 37.2. The number of rotatable bonds is 4. The van der Waals surface area contributed by atoms with Crippen LogP contribution in [0.1, 0.15) is 46.0 Å². The van der Waals surface area contributed by atoms with Crippen molar-refractivity contribution in [3.05, 3.63) is 23.8 Å². The Bertz CT molecular complexity index is 1040. The number of Topliss-reactive ketones (excluding diaryl/α,β-unsaturated/α-hetero) is 1. The van der Waals surface area contributed by atoms with Crippen LogP contribution in [0.3, 0.4) is 0 Å². The molecular weight excluding hydrogens is 478 g/mol. The number of cyclic esters (lactones) is 1. The molecule has 10 unspecified atom stereocenters. The summed E-state index contributed by atoms with van der Waals surface area (Å²) in [6.45, 7) is 3.68. The second kappa shape index (κ2) is 8.61. The van der Waals surface area contributed by atoms with Crippen LogP contribution in [0.25, 0.3) is 0 Å². The maximum absolute atomic E-state index is 16.9. The fraction of sp³-hybridized carbons (Fsp3) is 0.692. The summed E-state index contributed by atoms with van der Waals surface area (Å²) in [7, 11) is 0. The highest BCUT2D eigenvalue weighted by Gasteiger charge is 2.71. The lowest BCUT2D eigenvalue weighted by molar-refractivity contribution is -0.168. The van der Waals surface area contributed by atoms with Gasteiger partial charge in [-0.1, -0.05) is 31.7 Å². The topological polar surface area (TPSA) is 97.7 Å². The highest BCUT2D eigenvalue weighted by atomic mass is 32.2. The van der Waals surface area contributed by atoms with Crippen molar-refractivity contribution in [3.63, 3.8) is 0 Å². The molecule has 0 aromatic heterocycles. The monoisotopic (exact) mass is 508 g/mol. The van der Waals surface area contributed by atoms with Gasteiger partial charge in [-0.15, -0.1) is 0 Å². The number of aliphatic hydroxyl groups excluding tert-OH is 1. The predicted octanol–water partition coefficient (Wildman–Crippen LogP) is 3.31. The number of allylic oxidation sites excluding steroid dienone is 4. The van der Waals surface area contributed by atoms with Crippen LogP contribution in [0.4, 0.5) is 8.78 Å². The van der Waals surface area contributed by atoms with E-state index in [-0.39, 0.29) is 37.2 Å². The average molecular weight is 509 g/mol. The third-order valence-corrected chi connectivity index (χ3v) is 10.5. The molecule has 4 fully saturated rings. The van der Waals surface area contributed by atoms with Crippen LogP contribution in [-0.2, 0) is 23.9 Å². The summed E-state index contributed by atoms with van der Waals surface area (Å²) in [6.07, 6.45) is 1.12. The van der Waals surface area contributed by atoms with Crippen molar-refractivity contribution < 1.29 is 37.8 Å². The Morgan fingerprint density at radius 2 is 1.97 bits per heavy atom. The lowest BCUT2D eigenvalue weighted by Gasteiger charge is -2.56. The minimum absolute atomic E-state index is 0.0575. The number of fused-ring (bicyclic) bond motifs is 5. The third kappa shape index (κ3) is 3.36. The first-order valence-corrected chi connectivity index (χ1v) is 13.3. The summed E-state index contributed by atoms with van der Waals surface area (Å²) >= 11 is 0.822. The number of alkyl halides is 2. The molecule has 6 nitrogen and oxygen atoms in total. The smallest absolute Gasteiger partial charge is 0.319 e. The Kier molecular flexibility index (Phi) is 6.10. The number of esters is 1. The number of halogens is 2. The fourth-order valence-electron chi connectivity index (χ4n) is 7.76. The number of hydrogen-bond acceptors (Lipinski definition) is 7. The van der Waals surface area contributed by atoms with E-state index in [2.05, 4.69) is 0 Å². The van der Waals surface area contributed by atoms with E-state index in [0.717, 1.165) is 17.8 Å². The van der Waals surface area contributed by atoms with Crippen molar-refractivity contribution in [1.29, 1.82) is 0 Å². The first-order chi connectivity index (χ1) is 16.6. The van der Waals surface area contributed by atoms with Gasteiger partial charge in [-0.25, -0.2) is 8.78 Å². The quantitative estimate of drug-likeness (QED) is 0.460. The number of hydrogen-bond donors (Lipinski definition) is 1. The fourth-order valence-corrected chi connectivity index (χ4v) is 9.06. The lowest BCUT2D eigenvalue weighted by atomic mass is 9.51. The summed E-state index contributed by atoms with van der Waals surface area (Å²) in [5.74, 6) is -4.73. The van der Waals surface area contributed by atoms with E-state index in [1.807, 2.05) is 0 Å². The van der Waals surface area contributed by atoms with Gasteiger partial charge in [-0.2, -0.15) is 0 Å². The van der Waals surface area contributed by atoms with Crippen LogP contribution in [0, 0.1) is 35.0 Å². The minimum Gasteiger partial charge on any atom is -0.465 e. The Labute approximate surface area is 206 Å². The summed E-state index contributed by atoms with van der Waals surface area (Å²) in [4.78, 5) is 51.3. The van der Waals surface area contributed by atoms with Crippen LogP contribution < -0.4 is 0 Å². The highest BCUT2D eigenvalue weighted by molar-refractivity contribution is 8.14. The Morgan fingerprint density at radius 1 is 1.23 bits per heavy atom. The zero-order valence-electron chi connectivity index (χ0n) is 19.7. The van der Waals surface area contributed by atoms with Gasteiger partial charge in [0.1, 0.15) is 28.3 Å². The standard InChI is InChI=1S/C26H30F2O6S/c1-3-21(30)25(24(33)35-20-6-7-34-23(20)32)12(2)8-14-17(25)11-22(31)26(28)16-5-4-13(29)9-15(16)19(27)10-18(14)26/h4-5,9,12,14,16-20,22,31H,3,6-8,10-11H2,1-2H3. The highest BCUT2D eigenvalue weighted by Crippen LogP contribution is 2.67. The SMILES string of the molecule is CCC(=O)C1(C(=O)SC2CCOC2=O)C(C)CC2C1CC(O)C1(F)C3C=CC(=O)C=C3C(F)CC21. The molecule has 0 aromatic carbocycles. The number of thioether (sulfide) groups is 1. The van der Waals surface area contributed by atoms with Crippen LogP contribution >= 0.6 is 11.8 Å². The molecule has 1 N–H and O–H groups in total. The molecule has 0 radical (unpaired) electrons. The molecule has 0 spiro atoms. The van der Waals surface area contributed by atoms with Gasteiger partial charge in [0, 0.05) is 24.7 Å². The first kappa shape index (κ1) is 24.8. The van der Waals surface area contributed by atoms with Gasteiger partial charge in [0.2, 0.25) is 5.12 Å². The van der Waals surface area contributed by atoms with Crippen molar-refractivity contribution >= 4 is 34.4 Å². The lowest BCUT2D eigenvalue weighted by Crippen LogP contribution is -2.63. The molecule has 10 atom stereocenters. The van der Waals surface area contributed by atoms with Gasteiger partial charge in [0.05, 0.1) is 12.7 Å². The third-order valence-electron chi connectivity index (χ3n) is 9.25. The second-order valence-corrected chi connectivity index (χ2v) is 11.9. The Morgan fingerprint density at radius 3 is 2.63 bits per heavy atom. The van der Waals surface area contributed by atoms with Gasteiger partial charge in [-0.3, -0.25) is 19.2 Å². The molecule has 0 amide bonds. The zero-order chi connectivity index (χ0) is 25.3. The molecule has 0 aromatic rings. The Hall–Kier alpha value is -1.87. The van der Waals surface area contributed by atoms with Crippen molar-refractivity contribution in [2.75, 3.05) is 6.61 Å². The summed E-state index contributed by atoms with van der Waals surface area (Å²) in [5.41, 5.74) is -3.61. The predicted molar refractivity (Wildman–Crippen MR) is 124 cm³/mol. The number of ketones is 2. The molecule has 1 saturated heterocycles. The maximum atomic E-state index is 16.9. The maximum Gasteiger partial charge on any atom is 0.319 e. The van der Waals surface area contributed by atoms with Crippen molar-refractivity contribution in [2.24, 2.45) is 35.0 Å². The molecule has 1 aliphatic heterocycles. The van der Waals surface area contributed by atoms with Crippen molar-refractivity contribution in [2.45, 2.75) is 69.1 Å². The van der Waals surface area contributed by atoms with Gasteiger partial charge in [-0.05, 0) is 54.7 Å². The molecule has 5 aliphatic rings. The van der Waals surface area contributed by atoms with E-state index >= 15 is 8.78 Å². The molecule has 190 valence electrons. The van der Waals surface area contributed by atoms with Crippen LogP contribution in [0.2, 0.25) is 0 Å². The molecule has 5 rings (SSSR count). The number of ether oxygens (including phenoxy) is 1. The molecule has 35 heavy (non-hydrogen) atoms. The van der Waals surface area contributed by atoms with E-state index in [4.69, 9.17) is 4.74 Å². The van der Waals surface area contributed by atoms with Gasteiger partial charge in [0.15, 0.2) is 5.78 Å². The van der Waals surface area contributed by atoms with Crippen molar-refractivity contribution in [3.8, 4) is 0 Å². The van der Waals surface area contributed by atoms with E-state index < -0.39 is 75.1 Å². The summed E-state index contributed by atoms with van der Waals surface area (Å²) in [6, 6.07) is 0. The van der Waals surface area contributed by atoms with Crippen molar-refractivity contribution in [1.82, 2.24) is 0 Å². The number of carbonyl (C=O) groups excluding carboxylic acids is 4. The molecule has 1 heterocycles.